The standard InChI is InChI=1S/C16H18ClN3O/c1-13(16-3-2-12-21-16)18-20-10-8-19(9-11-20)15-6-4-14(17)5-7-15/h2-7,12H,8-11H2,1H3. The Morgan fingerprint density at radius 2 is 1.81 bits per heavy atom. The topological polar surface area (TPSA) is 32.0 Å². The van der Waals surface area contributed by atoms with E-state index >= 15 is 0 Å². The van der Waals surface area contributed by atoms with Gasteiger partial charge in [-0.05, 0) is 43.3 Å². The van der Waals surface area contributed by atoms with Gasteiger partial charge in [0, 0.05) is 23.8 Å². The van der Waals surface area contributed by atoms with Crippen molar-refractivity contribution in [2.75, 3.05) is 31.1 Å². The van der Waals surface area contributed by atoms with E-state index in [1.54, 1.807) is 6.26 Å². The number of furan rings is 1. The fourth-order valence-corrected chi connectivity index (χ4v) is 2.58. The molecule has 0 spiro atoms. The third-order valence-corrected chi connectivity index (χ3v) is 3.87. The summed E-state index contributed by atoms with van der Waals surface area (Å²) in [5, 5.41) is 7.50. The molecule has 1 fully saturated rings. The second-order valence-corrected chi connectivity index (χ2v) is 5.52. The van der Waals surface area contributed by atoms with Gasteiger partial charge in [0.1, 0.15) is 5.76 Å². The summed E-state index contributed by atoms with van der Waals surface area (Å²) in [6.45, 7) is 5.69. The van der Waals surface area contributed by atoms with Crippen molar-refractivity contribution in [3.63, 3.8) is 0 Å². The molecule has 0 aliphatic carbocycles. The van der Waals surface area contributed by atoms with Crippen LogP contribution in [0.4, 0.5) is 5.69 Å². The van der Waals surface area contributed by atoms with Crippen LogP contribution in [0.3, 0.4) is 0 Å². The van der Waals surface area contributed by atoms with Crippen molar-refractivity contribution in [1.82, 2.24) is 5.01 Å². The van der Waals surface area contributed by atoms with Gasteiger partial charge in [-0.2, -0.15) is 5.10 Å². The number of anilines is 1. The van der Waals surface area contributed by atoms with Gasteiger partial charge in [0.25, 0.3) is 0 Å². The van der Waals surface area contributed by atoms with E-state index in [4.69, 9.17) is 16.0 Å². The van der Waals surface area contributed by atoms with Crippen LogP contribution in [0.15, 0.2) is 52.2 Å². The lowest BCUT2D eigenvalue weighted by Gasteiger charge is -2.34. The van der Waals surface area contributed by atoms with Crippen LogP contribution < -0.4 is 4.90 Å². The first-order valence-electron chi connectivity index (χ1n) is 7.07. The number of nitrogens with zero attached hydrogens (tertiary/aromatic N) is 3. The van der Waals surface area contributed by atoms with Crippen LogP contribution in [0.2, 0.25) is 5.02 Å². The SMILES string of the molecule is CC(=NN1CCN(c2ccc(Cl)cc2)CC1)c1ccco1. The molecule has 0 atom stereocenters. The van der Waals surface area contributed by atoms with Crippen LogP contribution >= 0.6 is 11.6 Å². The zero-order valence-electron chi connectivity index (χ0n) is 12.0. The molecule has 0 saturated carbocycles. The number of piperazine rings is 1. The summed E-state index contributed by atoms with van der Waals surface area (Å²) in [5.41, 5.74) is 2.13. The normalized spacial score (nSPS) is 16.4. The molecule has 5 heteroatoms. The maximum Gasteiger partial charge on any atom is 0.149 e. The molecule has 21 heavy (non-hydrogen) atoms. The van der Waals surface area contributed by atoms with Crippen LogP contribution in [0.25, 0.3) is 0 Å². The molecule has 0 N–H and O–H groups in total. The third kappa shape index (κ3) is 3.39. The molecule has 2 heterocycles. The van der Waals surface area contributed by atoms with E-state index in [9.17, 15) is 0 Å². The number of rotatable bonds is 3. The number of hydrogen-bond donors (Lipinski definition) is 0. The molecule has 1 aliphatic heterocycles. The molecule has 2 aromatic rings. The Bertz CT molecular complexity index is 599. The monoisotopic (exact) mass is 303 g/mol. The summed E-state index contributed by atoms with van der Waals surface area (Å²) in [7, 11) is 0. The quantitative estimate of drug-likeness (QED) is 0.814. The predicted octanol–water partition coefficient (Wildman–Crippen LogP) is 3.48. The predicted molar refractivity (Wildman–Crippen MR) is 86.2 cm³/mol. The van der Waals surface area contributed by atoms with Crippen LogP contribution in [0, 0.1) is 0 Å². The lowest BCUT2D eigenvalue weighted by molar-refractivity contribution is 0.270. The molecule has 0 amide bonds. The Hall–Kier alpha value is -1.94. The fourth-order valence-electron chi connectivity index (χ4n) is 2.45. The molecule has 0 bridgehead atoms. The van der Waals surface area contributed by atoms with Crippen LogP contribution in [-0.4, -0.2) is 36.9 Å². The van der Waals surface area contributed by atoms with E-state index in [1.807, 2.05) is 31.2 Å². The first-order chi connectivity index (χ1) is 10.2. The lowest BCUT2D eigenvalue weighted by Crippen LogP contribution is -2.44. The molecule has 4 nitrogen and oxygen atoms in total. The van der Waals surface area contributed by atoms with Crippen molar-refractivity contribution >= 4 is 23.0 Å². The number of hydrazone groups is 1. The van der Waals surface area contributed by atoms with Crippen molar-refractivity contribution < 1.29 is 4.42 Å². The Kier molecular flexibility index (Phi) is 4.15. The largest absolute Gasteiger partial charge is 0.463 e. The van der Waals surface area contributed by atoms with Gasteiger partial charge in [-0.15, -0.1) is 0 Å². The molecule has 110 valence electrons. The molecule has 0 unspecified atom stereocenters. The van der Waals surface area contributed by atoms with Crippen molar-refractivity contribution in [3.8, 4) is 0 Å². The summed E-state index contributed by atoms with van der Waals surface area (Å²) in [5.74, 6) is 0.829. The minimum absolute atomic E-state index is 0.774. The van der Waals surface area contributed by atoms with E-state index in [2.05, 4.69) is 27.1 Å². The van der Waals surface area contributed by atoms with Crippen LogP contribution in [0.5, 0.6) is 0 Å². The average molecular weight is 304 g/mol. The maximum atomic E-state index is 5.93. The first-order valence-corrected chi connectivity index (χ1v) is 7.45. The van der Waals surface area contributed by atoms with Crippen LogP contribution in [0.1, 0.15) is 12.7 Å². The second-order valence-electron chi connectivity index (χ2n) is 5.08. The van der Waals surface area contributed by atoms with Gasteiger partial charge < -0.3 is 9.32 Å². The first kappa shape index (κ1) is 14.0. The fraction of sp³-hybridized carbons (Fsp3) is 0.312. The molecular weight excluding hydrogens is 286 g/mol. The van der Waals surface area contributed by atoms with Gasteiger partial charge in [0.15, 0.2) is 0 Å². The zero-order valence-corrected chi connectivity index (χ0v) is 12.8. The highest BCUT2D eigenvalue weighted by Gasteiger charge is 2.16. The molecule has 1 aromatic carbocycles. The Morgan fingerprint density at radius 1 is 1.10 bits per heavy atom. The molecular formula is C16H18ClN3O. The molecule has 1 aliphatic rings. The number of hydrogen-bond acceptors (Lipinski definition) is 4. The average Bonchev–Trinajstić information content (AvgIpc) is 3.03. The lowest BCUT2D eigenvalue weighted by atomic mass is 10.2. The molecule has 0 radical (unpaired) electrons. The third-order valence-electron chi connectivity index (χ3n) is 3.62. The highest BCUT2D eigenvalue weighted by molar-refractivity contribution is 6.30. The maximum absolute atomic E-state index is 5.93. The zero-order chi connectivity index (χ0) is 14.7. The van der Waals surface area contributed by atoms with Crippen LogP contribution in [-0.2, 0) is 0 Å². The summed E-state index contributed by atoms with van der Waals surface area (Å²) >= 11 is 5.93. The van der Waals surface area contributed by atoms with Crippen molar-refractivity contribution in [3.05, 3.63) is 53.4 Å². The van der Waals surface area contributed by atoms with E-state index in [0.29, 0.717) is 0 Å². The van der Waals surface area contributed by atoms with Gasteiger partial charge in [-0.25, -0.2) is 0 Å². The minimum Gasteiger partial charge on any atom is -0.463 e. The van der Waals surface area contributed by atoms with Crippen molar-refractivity contribution in [1.29, 1.82) is 0 Å². The summed E-state index contributed by atoms with van der Waals surface area (Å²) in [4.78, 5) is 2.35. The summed E-state index contributed by atoms with van der Waals surface area (Å²) in [6, 6.07) is 11.8. The Morgan fingerprint density at radius 3 is 2.43 bits per heavy atom. The smallest absolute Gasteiger partial charge is 0.149 e. The van der Waals surface area contributed by atoms with E-state index in [1.165, 1.54) is 5.69 Å². The summed E-state index contributed by atoms with van der Waals surface area (Å²) in [6.07, 6.45) is 1.67. The van der Waals surface area contributed by atoms with Gasteiger partial charge in [0.2, 0.25) is 0 Å². The van der Waals surface area contributed by atoms with Crippen molar-refractivity contribution in [2.45, 2.75) is 6.92 Å². The van der Waals surface area contributed by atoms with Gasteiger partial charge in [0.05, 0.1) is 25.1 Å². The van der Waals surface area contributed by atoms with Gasteiger partial charge in [-0.3, -0.25) is 5.01 Å². The molecule has 1 saturated heterocycles. The molecule has 1 aromatic heterocycles. The van der Waals surface area contributed by atoms with Gasteiger partial charge in [-0.1, -0.05) is 11.6 Å². The summed E-state index contributed by atoms with van der Waals surface area (Å²) < 4.78 is 5.36. The number of halogens is 1. The highest BCUT2D eigenvalue weighted by Crippen LogP contribution is 2.19. The number of benzene rings is 1. The minimum atomic E-state index is 0.774. The Labute approximate surface area is 129 Å². The van der Waals surface area contributed by atoms with E-state index in [-0.39, 0.29) is 0 Å². The van der Waals surface area contributed by atoms with E-state index in [0.717, 1.165) is 42.7 Å². The van der Waals surface area contributed by atoms with Crippen molar-refractivity contribution in [2.24, 2.45) is 5.10 Å². The second kappa shape index (κ2) is 6.22. The van der Waals surface area contributed by atoms with Gasteiger partial charge >= 0.3 is 0 Å². The molecule has 3 rings (SSSR count). The Balaban J connectivity index is 1.60. The van der Waals surface area contributed by atoms with E-state index < -0.39 is 0 Å². The highest BCUT2D eigenvalue weighted by atomic mass is 35.5.